The monoisotopic (exact) mass is 274 g/mol. The van der Waals surface area contributed by atoms with Gasteiger partial charge in [0, 0.05) is 0 Å². The minimum atomic E-state index is -0.296. The molecule has 0 bridgehead atoms. The number of carbonyl (C=O) groups excluding carboxylic acids is 2. The lowest BCUT2D eigenvalue weighted by Gasteiger charge is -2.32. The molecule has 2 amide bonds. The zero-order valence-corrected chi connectivity index (χ0v) is 10.7. The third-order valence-electron chi connectivity index (χ3n) is 2.52. The van der Waals surface area contributed by atoms with Crippen molar-refractivity contribution in [3.8, 4) is 0 Å². The highest BCUT2D eigenvalue weighted by Crippen LogP contribution is 2.19. The Morgan fingerprint density at radius 2 is 2.29 bits per heavy atom. The van der Waals surface area contributed by atoms with Crippen molar-refractivity contribution in [1.82, 2.24) is 20.4 Å². The molecule has 2 heterocycles. The van der Waals surface area contributed by atoms with Crippen LogP contribution in [0.2, 0.25) is 4.47 Å². The summed E-state index contributed by atoms with van der Waals surface area (Å²) >= 11 is 6.94. The lowest BCUT2D eigenvalue weighted by molar-refractivity contribution is -0.140. The number of aromatic nitrogens is 2. The van der Waals surface area contributed by atoms with Crippen molar-refractivity contribution in [3.63, 3.8) is 0 Å². The second-order valence-electron chi connectivity index (χ2n) is 3.69. The minimum Gasteiger partial charge on any atom is -0.294 e. The third-order valence-corrected chi connectivity index (χ3v) is 3.52. The summed E-state index contributed by atoms with van der Waals surface area (Å²) in [5.74, 6) is -0.533. The van der Waals surface area contributed by atoms with E-state index in [2.05, 4.69) is 15.5 Å². The molecular formula is C9H11ClN4O2S. The molecule has 1 atom stereocenters. The van der Waals surface area contributed by atoms with E-state index in [9.17, 15) is 9.59 Å². The lowest BCUT2D eigenvalue weighted by Crippen LogP contribution is -2.57. The number of nitrogens with one attached hydrogen (secondary N) is 1. The molecule has 1 saturated heterocycles. The fourth-order valence-corrected chi connectivity index (χ4v) is 2.69. The van der Waals surface area contributed by atoms with Crippen LogP contribution in [0.3, 0.4) is 0 Å². The van der Waals surface area contributed by atoms with Gasteiger partial charge in [0.1, 0.15) is 5.01 Å². The quantitative estimate of drug-likeness (QED) is 0.809. The van der Waals surface area contributed by atoms with E-state index < -0.39 is 0 Å². The summed E-state index contributed by atoms with van der Waals surface area (Å²) in [4.78, 5) is 24.7. The van der Waals surface area contributed by atoms with Crippen LogP contribution in [0.1, 0.15) is 18.4 Å². The normalized spacial score (nSPS) is 21.6. The molecule has 1 unspecified atom stereocenters. The van der Waals surface area contributed by atoms with Crippen molar-refractivity contribution in [1.29, 1.82) is 0 Å². The van der Waals surface area contributed by atoms with E-state index in [0.717, 1.165) is 0 Å². The summed E-state index contributed by atoms with van der Waals surface area (Å²) in [6, 6.07) is -0.296. The number of amides is 2. The van der Waals surface area contributed by atoms with Crippen LogP contribution >= 0.6 is 22.9 Å². The van der Waals surface area contributed by atoms with Crippen LogP contribution in [-0.2, 0) is 16.1 Å². The Morgan fingerprint density at radius 3 is 2.88 bits per heavy atom. The van der Waals surface area contributed by atoms with Crippen molar-refractivity contribution in [2.24, 2.45) is 0 Å². The van der Waals surface area contributed by atoms with Gasteiger partial charge in [-0.2, -0.15) is 0 Å². The summed E-state index contributed by atoms with van der Waals surface area (Å²) in [5.41, 5.74) is 0. The van der Waals surface area contributed by atoms with Crippen molar-refractivity contribution >= 4 is 34.8 Å². The van der Waals surface area contributed by atoms with Gasteiger partial charge in [-0.15, -0.1) is 10.2 Å². The van der Waals surface area contributed by atoms with Crippen LogP contribution in [0.4, 0.5) is 0 Å². The zero-order valence-electron chi connectivity index (χ0n) is 9.14. The van der Waals surface area contributed by atoms with Gasteiger partial charge < -0.3 is 0 Å². The summed E-state index contributed by atoms with van der Waals surface area (Å²) in [5, 5.41) is 10.6. The van der Waals surface area contributed by atoms with Gasteiger partial charge in [-0.3, -0.25) is 19.8 Å². The SMILES string of the molecule is CCC1C(=O)NC(=O)CN1Cc1nnc(Cl)s1. The fraction of sp³-hybridized carbons (Fsp3) is 0.556. The molecule has 1 aliphatic heterocycles. The molecule has 0 aromatic carbocycles. The summed E-state index contributed by atoms with van der Waals surface area (Å²) < 4.78 is 0.362. The molecule has 92 valence electrons. The highest BCUT2D eigenvalue weighted by Gasteiger charge is 2.32. The molecule has 1 fully saturated rings. The zero-order chi connectivity index (χ0) is 12.4. The Labute approximate surface area is 107 Å². The van der Waals surface area contributed by atoms with Gasteiger partial charge in [-0.1, -0.05) is 18.3 Å². The number of nitrogens with zero attached hydrogens (tertiary/aromatic N) is 3. The van der Waals surface area contributed by atoms with Crippen LogP contribution in [0.15, 0.2) is 0 Å². The van der Waals surface area contributed by atoms with E-state index in [-0.39, 0.29) is 24.4 Å². The first-order valence-electron chi connectivity index (χ1n) is 5.15. The van der Waals surface area contributed by atoms with Gasteiger partial charge in [0.25, 0.3) is 0 Å². The van der Waals surface area contributed by atoms with E-state index in [4.69, 9.17) is 11.6 Å². The first-order chi connectivity index (χ1) is 8.10. The molecule has 1 aromatic heterocycles. The number of hydrogen-bond donors (Lipinski definition) is 1. The molecule has 1 aliphatic rings. The summed E-state index contributed by atoms with van der Waals surface area (Å²) in [6.45, 7) is 2.52. The number of halogens is 1. The van der Waals surface area contributed by atoms with Gasteiger partial charge in [0.05, 0.1) is 19.1 Å². The van der Waals surface area contributed by atoms with Gasteiger partial charge in [0.2, 0.25) is 16.3 Å². The van der Waals surface area contributed by atoms with Crippen molar-refractivity contribution < 1.29 is 9.59 Å². The number of piperazine rings is 1. The molecular weight excluding hydrogens is 264 g/mol. The smallest absolute Gasteiger partial charge is 0.243 e. The maximum absolute atomic E-state index is 11.6. The van der Waals surface area contributed by atoms with Crippen molar-refractivity contribution in [3.05, 3.63) is 9.47 Å². The predicted molar refractivity (Wildman–Crippen MR) is 62.6 cm³/mol. The van der Waals surface area contributed by atoms with E-state index in [1.54, 1.807) is 4.90 Å². The Kier molecular flexibility index (Phi) is 3.70. The van der Waals surface area contributed by atoms with Gasteiger partial charge in [0.15, 0.2) is 0 Å². The molecule has 17 heavy (non-hydrogen) atoms. The lowest BCUT2D eigenvalue weighted by atomic mass is 10.1. The topological polar surface area (TPSA) is 75.2 Å². The fourth-order valence-electron chi connectivity index (χ4n) is 1.80. The molecule has 2 rings (SSSR count). The Hall–Kier alpha value is -1.05. The molecule has 1 N–H and O–H groups in total. The second kappa shape index (κ2) is 5.07. The maximum Gasteiger partial charge on any atom is 0.243 e. The third kappa shape index (κ3) is 2.80. The van der Waals surface area contributed by atoms with E-state index >= 15 is 0 Å². The molecule has 1 aromatic rings. The number of carbonyl (C=O) groups is 2. The summed E-state index contributed by atoms with van der Waals surface area (Å²) in [7, 11) is 0. The van der Waals surface area contributed by atoms with Crippen LogP contribution in [0, 0.1) is 0 Å². The predicted octanol–water partition coefficient (Wildman–Crippen LogP) is 0.429. The van der Waals surface area contributed by atoms with E-state index in [0.29, 0.717) is 22.4 Å². The first kappa shape index (κ1) is 12.4. The van der Waals surface area contributed by atoms with Gasteiger partial charge in [-0.05, 0) is 18.0 Å². The van der Waals surface area contributed by atoms with Crippen LogP contribution in [0.5, 0.6) is 0 Å². The van der Waals surface area contributed by atoms with E-state index in [1.165, 1.54) is 11.3 Å². The molecule has 6 nitrogen and oxygen atoms in total. The molecule has 0 radical (unpaired) electrons. The van der Waals surface area contributed by atoms with Gasteiger partial charge in [-0.25, -0.2) is 0 Å². The van der Waals surface area contributed by atoms with Crippen LogP contribution in [0.25, 0.3) is 0 Å². The van der Waals surface area contributed by atoms with Crippen LogP contribution < -0.4 is 5.32 Å². The largest absolute Gasteiger partial charge is 0.294 e. The molecule has 0 spiro atoms. The summed E-state index contributed by atoms with van der Waals surface area (Å²) in [6.07, 6.45) is 0.644. The number of imide groups is 1. The van der Waals surface area contributed by atoms with Crippen molar-refractivity contribution in [2.75, 3.05) is 6.54 Å². The highest BCUT2D eigenvalue weighted by molar-refractivity contribution is 7.15. The average molecular weight is 275 g/mol. The Balaban J connectivity index is 2.11. The molecule has 0 saturated carbocycles. The van der Waals surface area contributed by atoms with Crippen molar-refractivity contribution in [2.45, 2.75) is 25.9 Å². The average Bonchev–Trinajstić information content (AvgIpc) is 2.63. The minimum absolute atomic E-state index is 0.196. The first-order valence-corrected chi connectivity index (χ1v) is 6.35. The molecule has 0 aliphatic carbocycles. The number of hydrogen-bond acceptors (Lipinski definition) is 6. The van der Waals surface area contributed by atoms with Gasteiger partial charge >= 0.3 is 0 Å². The standard InChI is InChI=1S/C9H11ClN4O2S/c1-2-5-8(16)11-6(15)3-14(5)4-7-12-13-9(10)17-7/h5H,2-4H2,1H3,(H,11,15,16). The maximum atomic E-state index is 11.6. The second-order valence-corrected chi connectivity index (χ2v) is 5.33. The Bertz CT molecular complexity index is 450. The molecule has 8 heteroatoms. The van der Waals surface area contributed by atoms with Crippen LogP contribution in [-0.4, -0.2) is 39.5 Å². The number of rotatable bonds is 3. The Morgan fingerprint density at radius 1 is 1.53 bits per heavy atom. The van der Waals surface area contributed by atoms with E-state index in [1.807, 2.05) is 6.92 Å². The highest BCUT2D eigenvalue weighted by atomic mass is 35.5.